The summed E-state index contributed by atoms with van der Waals surface area (Å²) in [5.74, 6) is 0.102. The lowest BCUT2D eigenvalue weighted by atomic mass is 10.4. The Labute approximate surface area is 95.9 Å². The summed E-state index contributed by atoms with van der Waals surface area (Å²) < 4.78 is 27.0. The molecular formula is C9H18N4O2S. The van der Waals surface area contributed by atoms with Crippen LogP contribution in [-0.4, -0.2) is 37.0 Å². The van der Waals surface area contributed by atoms with Crippen LogP contribution in [0.15, 0.2) is 18.5 Å². The third kappa shape index (κ3) is 5.24. The molecule has 0 spiro atoms. The van der Waals surface area contributed by atoms with Gasteiger partial charge in [0.15, 0.2) is 0 Å². The van der Waals surface area contributed by atoms with Crippen LogP contribution in [0.2, 0.25) is 0 Å². The summed E-state index contributed by atoms with van der Waals surface area (Å²) >= 11 is 0. The molecule has 0 aromatic carbocycles. The molecule has 16 heavy (non-hydrogen) atoms. The maximum absolute atomic E-state index is 11.4. The molecular weight excluding hydrogens is 228 g/mol. The summed E-state index contributed by atoms with van der Waals surface area (Å²) in [6, 6.07) is 1.84. The van der Waals surface area contributed by atoms with E-state index in [-0.39, 0.29) is 5.75 Å². The van der Waals surface area contributed by atoms with Crippen LogP contribution in [0.1, 0.15) is 12.8 Å². The smallest absolute Gasteiger partial charge is 0.211 e. The molecule has 1 aromatic rings. The van der Waals surface area contributed by atoms with E-state index in [1.54, 1.807) is 10.9 Å². The average molecular weight is 246 g/mol. The van der Waals surface area contributed by atoms with E-state index in [4.69, 9.17) is 5.73 Å². The van der Waals surface area contributed by atoms with Gasteiger partial charge in [0.05, 0.1) is 5.75 Å². The maximum Gasteiger partial charge on any atom is 0.211 e. The minimum absolute atomic E-state index is 0.102. The number of hydrogen-bond donors (Lipinski definition) is 2. The van der Waals surface area contributed by atoms with Gasteiger partial charge in [-0.25, -0.2) is 13.1 Å². The largest absolute Gasteiger partial charge is 0.330 e. The zero-order valence-corrected chi connectivity index (χ0v) is 9.99. The first-order valence-electron chi connectivity index (χ1n) is 5.29. The lowest BCUT2D eigenvalue weighted by Crippen LogP contribution is -2.28. The van der Waals surface area contributed by atoms with Gasteiger partial charge in [-0.15, -0.1) is 0 Å². The van der Waals surface area contributed by atoms with Gasteiger partial charge in [-0.1, -0.05) is 0 Å². The Morgan fingerprint density at radius 1 is 1.38 bits per heavy atom. The van der Waals surface area contributed by atoms with E-state index in [1.165, 1.54) is 0 Å². The molecule has 0 atom stereocenters. The van der Waals surface area contributed by atoms with Gasteiger partial charge in [0.2, 0.25) is 10.0 Å². The molecule has 0 amide bonds. The van der Waals surface area contributed by atoms with Crippen molar-refractivity contribution in [2.24, 2.45) is 5.73 Å². The summed E-state index contributed by atoms with van der Waals surface area (Å²) in [5.41, 5.74) is 5.25. The number of hydrogen-bond acceptors (Lipinski definition) is 4. The van der Waals surface area contributed by atoms with Gasteiger partial charge in [0.25, 0.3) is 0 Å². The van der Waals surface area contributed by atoms with Crippen LogP contribution >= 0.6 is 0 Å². The molecule has 1 aromatic heterocycles. The van der Waals surface area contributed by atoms with Crippen LogP contribution in [0.3, 0.4) is 0 Å². The van der Waals surface area contributed by atoms with Crippen molar-refractivity contribution in [2.45, 2.75) is 19.4 Å². The molecule has 1 rings (SSSR count). The van der Waals surface area contributed by atoms with Crippen molar-refractivity contribution in [3.8, 4) is 0 Å². The van der Waals surface area contributed by atoms with Crippen molar-refractivity contribution in [2.75, 3.05) is 18.8 Å². The molecule has 92 valence electrons. The average Bonchev–Trinajstić information content (AvgIpc) is 2.75. The fourth-order valence-electron chi connectivity index (χ4n) is 1.25. The lowest BCUT2D eigenvalue weighted by molar-refractivity contribution is 0.552. The van der Waals surface area contributed by atoms with E-state index in [2.05, 4.69) is 9.82 Å². The summed E-state index contributed by atoms with van der Waals surface area (Å²) in [7, 11) is -3.14. The van der Waals surface area contributed by atoms with E-state index >= 15 is 0 Å². The first kappa shape index (κ1) is 13.1. The van der Waals surface area contributed by atoms with Crippen LogP contribution in [0.4, 0.5) is 0 Å². The quantitative estimate of drug-likeness (QED) is 0.607. The molecule has 0 unspecified atom stereocenters. The number of aromatic nitrogens is 2. The molecule has 0 saturated heterocycles. The monoisotopic (exact) mass is 246 g/mol. The Kier molecular flexibility index (Phi) is 5.44. The Morgan fingerprint density at radius 2 is 2.19 bits per heavy atom. The zero-order chi connectivity index (χ0) is 11.9. The molecule has 7 heteroatoms. The minimum Gasteiger partial charge on any atom is -0.330 e. The van der Waals surface area contributed by atoms with Crippen LogP contribution in [-0.2, 0) is 16.6 Å². The van der Waals surface area contributed by atoms with Crippen LogP contribution in [0.25, 0.3) is 0 Å². The minimum atomic E-state index is -3.14. The van der Waals surface area contributed by atoms with Crippen LogP contribution in [0.5, 0.6) is 0 Å². The van der Waals surface area contributed by atoms with Crippen molar-refractivity contribution < 1.29 is 8.42 Å². The molecule has 6 nitrogen and oxygen atoms in total. The van der Waals surface area contributed by atoms with Crippen molar-refractivity contribution in [3.63, 3.8) is 0 Å². The molecule has 0 saturated carbocycles. The van der Waals surface area contributed by atoms with Crippen molar-refractivity contribution in [3.05, 3.63) is 18.5 Å². The second-order valence-electron chi connectivity index (χ2n) is 3.48. The van der Waals surface area contributed by atoms with Crippen molar-refractivity contribution in [1.29, 1.82) is 0 Å². The normalized spacial score (nSPS) is 11.8. The standard InChI is InChI=1S/C9H18N4O2S/c10-4-1-9-16(14,15)12-6-3-8-13-7-2-5-11-13/h2,5,7,12H,1,3-4,6,8-10H2. The number of sulfonamides is 1. The molecule has 0 aliphatic heterocycles. The fraction of sp³-hybridized carbons (Fsp3) is 0.667. The molecule has 0 fully saturated rings. The van der Waals surface area contributed by atoms with E-state index in [0.717, 1.165) is 6.42 Å². The van der Waals surface area contributed by atoms with E-state index < -0.39 is 10.0 Å². The summed E-state index contributed by atoms with van der Waals surface area (Å²) in [6.07, 6.45) is 4.77. The van der Waals surface area contributed by atoms with Crippen LogP contribution < -0.4 is 10.5 Å². The van der Waals surface area contributed by atoms with E-state index in [0.29, 0.717) is 26.1 Å². The number of nitrogens with two attached hydrogens (primary N) is 1. The molecule has 1 heterocycles. The third-order valence-electron chi connectivity index (χ3n) is 2.06. The first-order chi connectivity index (χ1) is 7.64. The number of aryl methyl sites for hydroxylation is 1. The van der Waals surface area contributed by atoms with Crippen LogP contribution in [0, 0.1) is 0 Å². The summed E-state index contributed by atoms with van der Waals surface area (Å²) in [4.78, 5) is 0. The Morgan fingerprint density at radius 3 is 2.81 bits per heavy atom. The maximum atomic E-state index is 11.4. The van der Waals surface area contributed by atoms with Gasteiger partial charge in [0.1, 0.15) is 0 Å². The second kappa shape index (κ2) is 6.62. The van der Waals surface area contributed by atoms with Crippen molar-refractivity contribution >= 4 is 10.0 Å². The molecule has 0 radical (unpaired) electrons. The van der Waals surface area contributed by atoms with Gasteiger partial charge in [-0.2, -0.15) is 5.10 Å². The zero-order valence-electron chi connectivity index (χ0n) is 9.17. The van der Waals surface area contributed by atoms with Gasteiger partial charge >= 0.3 is 0 Å². The Bertz CT molecular complexity index is 374. The summed E-state index contributed by atoms with van der Waals surface area (Å²) in [5, 5.41) is 4.02. The molecule has 0 aliphatic rings. The van der Waals surface area contributed by atoms with Gasteiger partial charge in [-0.3, -0.25) is 4.68 Å². The topological polar surface area (TPSA) is 90.0 Å². The van der Waals surface area contributed by atoms with Gasteiger partial charge in [-0.05, 0) is 25.5 Å². The molecule has 0 bridgehead atoms. The summed E-state index contributed by atoms with van der Waals surface area (Å²) in [6.45, 7) is 1.55. The Hall–Kier alpha value is -0.920. The van der Waals surface area contributed by atoms with Crippen molar-refractivity contribution in [1.82, 2.24) is 14.5 Å². The highest BCUT2D eigenvalue weighted by Crippen LogP contribution is 1.91. The fourth-order valence-corrected chi connectivity index (χ4v) is 2.39. The van der Waals surface area contributed by atoms with E-state index in [9.17, 15) is 8.42 Å². The van der Waals surface area contributed by atoms with Gasteiger partial charge in [0, 0.05) is 25.5 Å². The second-order valence-corrected chi connectivity index (χ2v) is 5.40. The third-order valence-corrected chi connectivity index (χ3v) is 3.53. The SMILES string of the molecule is NCCCS(=O)(=O)NCCCn1cccn1. The lowest BCUT2D eigenvalue weighted by Gasteiger charge is -2.05. The Balaban J connectivity index is 2.15. The van der Waals surface area contributed by atoms with E-state index in [1.807, 2.05) is 12.3 Å². The molecule has 3 N–H and O–H groups in total. The number of nitrogens with zero attached hydrogens (tertiary/aromatic N) is 2. The highest BCUT2D eigenvalue weighted by atomic mass is 32.2. The predicted octanol–water partition coefficient (Wildman–Crippen LogP) is -0.459. The van der Waals surface area contributed by atoms with Gasteiger partial charge < -0.3 is 5.73 Å². The highest BCUT2D eigenvalue weighted by Gasteiger charge is 2.07. The molecule has 0 aliphatic carbocycles. The first-order valence-corrected chi connectivity index (χ1v) is 6.94. The number of rotatable bonds is 8. The predicted molar refractivity (Wildman–Crippen MR) is 62.3 cm³/mol. The highest BCUT2D eigenvalue weighted by molar-refractivity contribution is 7.89. The number of nitrogens with one attached hydrogen (secondary N) is 1.